The lowest BCUT2D eigenvalue weighted by Crippen LogP contribution is -2.58. The molecule has 4 rings (SSSR count). The molecule has 2 atom stereocenters. The molecule has 14 heteroatoms. The molecule has 0 saturated carbocycles. The van der Waals surface area contributed by atoms with Crippen molar-refractivity contribution in [2.75, 3.05) is 26.2 Å². The van der Waals surface area contributed by atoms with E-state index >= 15 is 0 Å². The van der Waals surface area contributed by atoms with Crippen LogP contribution in [0.5, 0.6) is 0 Å². The lowest BCUT2D eigenvalue weighted by atomic mass is 9.85. The first-order valence-electron chi connectivity index (χ1n) is 11.0. The third kappa shape index (κ3) is 4.97. The van der Waals surface area contributed by atoms with Crippen LogP contribution < -0.4 is 0 Å². The van der Waals surface area contributed by atoms with Crippen molar-refractivity contribution in [3.63, 3.8) is 0 Å². The quantitative estimate of drug-likeness (QED) is 0.349. The molecule has 192 valence electrons. The van der Waals surface area contributed by atoms with Gasteiger partial charge in [-0.25, -0.2) is 26.9 Å². The molecule has 0 unspecified atom stereocenters. The summed E-state index contributed by atoms with van der Waals surface area (Å²) >= 11 is 0. The molecule has 0 aliphatic carbocycles. The second-order valence-electron chi connectivity index (χ2n) is 8.51. The molecule has 0 bridgehead atoms. The highest BCUT2D eigenvalue weighted by atomic mass is 32.2. The molecular weight excluding hydrogens is 498 g/mol. The maximum absolute atomic E-state index is 14.8. The molecule has 1 N–H and O–H groups in total. The van der Waals surface area contributed by atoms with Gasteiger partial charge in [0, 0.05) is 56.0 Å². The van der Waals surface area contributed by atoms with Gasteiger partial charge >= 0.3 is 0 Å². The van der Waals surface area contributed by atoms with Crippen molar-refractivity contribution in [2.45, 2.75) is 30.0 Å². The van der Waals surface area contributed by atoms with Gasteiger partial charge in [0.2, 0.25) is 10.0 Å². The normalized spacial score (nSPS) is 18.0. The average molecular weight is 523 g/mol. The number of nitro benzene ring substituents is 1. The van der Waals surface area contributed by atoms with Gasteiger partial charge in [0.05, 0.1) is 16.4 Å². The first kappa shape index (κ1) is 25.8. The van der Waals surface area contributed by atoms with Gasteiger partial charge in [-0.15, -0.1) is 0 Å². The fraction of sp³-hybridized carbons (Fsp3) is 0.364. The Kier molecular flexibility index (Phi) is 7.13. The Morgan fingerprint density at radius 2 is 1.81 bits per heavy atom. The molecule has 2 heterocycles. The standard InChI is InChI=1S/C22H24F2N6O5S/c1-16(22(31,13-28-15-25-14-26-28)20-7-2-17(23)12-21(20)24)27-8-10-29(11-9-27)36(34,35)19-5-3-18(4-6-19)30(32)33/h2-7,12,14-16,31H,8-11,13H2,1H3/t16-,22-/m1/s1. The molecule has 1 aliphatic rings. The first-order valence-corrected chi connectivity index (χ1v) is 12.5. The summed E-state index contributed by atoms with van der Waals surface area (Å²) in [4.78, 5) is 15.9. The Hall–Kier alpha value is -3.33. The number of hydrogen-bond acceptors (Lipinski definition) is 8. The van der Waals surface area contributed by atoms with Crippen LogP contribution in [0.4, 0.5) is 14.5 Å². The number of nitro groups is 1. The van der Waals surface area contributed by atoms with Crippen molar-refractivity contribution in [1.29, 1.82) is 0 Å². The minimum atomic E-state index is -3.90. The SMILES string of the molecule is C[C@@H](N1CCN(S(=O)(=O)c2ccc([N+](=O)[O-])cc2)CC1)[C@](O)(Cn1cncn1)c1ccc(F)cc1F. The van der Waals surface area contributed by atoms with Crippen LogP contribution in [0.1, 0.15) is 12.5 Å². The van der Waals surface area contributed by atoms with Crippen LogP contribution in [-0.4, -0.2) is 74.6 Å². The monoisotopic (exact) mass is 522 g/mol. The number of aliphatic hydroxyl groups is 1. The zero-order valence-electron chi connectivity index (χ0n) is 19.2. The number of benzene rings is 2. The Morgan fingerprint density at radius 3 is 2.36 bits per heavy atom. The molecule has 3 aromatic rings. The average Bonchev–Trinajstić information content (AvgIpc) is 3.36. The van der Waals surface area contributed by atoms with Crippen LogP contribution in [-0.2, 0) is 22.2 Å². The highest BCUT2D eigenvalue weighted by Crippen LogP contribution is 2.33. The van der Waals surface area contributed by atoms with E-state index in [0.29, 0.717) is 6.07 Å². The Labute approximate surface area is 205 Å². The molecule has 11 nitrogen and oxygen atoms in total. The fourth-order valence-electron chi connectivity index (χ4n) is 4.37. The van der Waals surface area contributed by atoms with Crippen LogP contribution in [0.25, 0.3) is 0 Å². The van der Waals surface area contributed by atoms with Crippen LogP contribution >= 0.6 is 0 Å². The number of hydrogen-bond donors (Lipinski definition) is 1. The van der Waals surface area contributed by atoms with E-state index in [4.69, 9.17) is 0 Å². The largest absolute Gasteiger partial charge is 0.381 e. The fourth-order valence-corrected chi connectivity index (χ4v) is 5.79. The molecule has 0 amide bonds. The number of non-ortho nitro benzene ring substituents is 1. The van der Waals surface area contributed by atoms with Gasteiger partial charge in [-0.3, -0.25) is 15.0 Å². The Bertz CT molecular complexity index is 1330. The number of rotatable bonds is 8. The van der Waals surface area contributed by atoms with Gasteiger partial charge in [-0.05, 0) is 25.1 Å². The molecule has 1 aliphatic heterocycles. The third-order valence-electron chi connectivity index (χ3n) is 6.46. The number of halogens is 2. The van der Waals surface area contributed by atoms with Gasteiger partial charge < -0.3 is 5.11 Å². The number of sulfonamides is 1. The summed E-state index contributed by atoms with van der Waals surface area (Å²) < 4.78 is 57.0. The summed E-state index contributed by atoms with van der Waals surface area (Å²) in [6.45, 7) is 2.11. The second-order valence-corrected chi connectivity index (χ2v) is 10.4. The molecule has 1 saturated heterocycles. The van der Waals surface area contributed by atoms with Crippen molar-refractivity contribution in [1.82, 2.24) is 24.0 Å². The Balaban J connectivity index is 1.54. The molecular formula is C22H24F2N6O5S. The minimum Gasteiger partial charge on any atom is -0.381 e. The summed E-state index contributed by atoms with van der Waals surface area (Å²) in [5.74, 6) is -1.69. The van der Waals surface area contributed by atoms with E-state index in [1.165, 1.54) is 39.8 Å². The third-order valence-corrected chi connectivity index (χ3v) is 8.38. The van der Waals surface area contributed by atoms with E-state index in [9.17, 15) is 32.4 Å². The predicted molar refractivity (Wildman–Crippen MR) is 123 cm³/mol. The van der Waals surface area contributed by atoms with E-state index in [0.717, 1.165) is 18.2 Å². The van der Waals surface area contributed by atoms with Crippen molar-refractivity contribution >= 4 is 15.7 Å². The lowest BCUT2D eigenvalue weighted by Gasteiger charge is -2.44. The summed E-state index contributed by atoms with van der Waals surface area (Å²) in [6.07, 6.45) is 2.64. The maximum atomic E-state index is 14.8. The lowest BCUT2D eigenvalue weighted by molar-refractivity contribution is -0.384. The van der Waals surface area contributed by atoms with Gasteiger partial charge in [-0.1, -0.05) is 6.07 Å². The molecule has 2 aromatic carbocycles. The molecule has 0 radical (unpaired) electrons. The van der Waals surface area contributed by atoms with Gasteiger partial charge in [0.15, 0.2) is 0 Å². The minimum absolute atomic E-state index is 0.0642. The molecule has 36 heavy (non-hydrogen) atoms. The zero-order chi connectivity index (χ0) is 26.1. The maximum Gasteiger partial charge on any atom is 0.269 e. The van der Waals surface area contributed by atoms with Gasteiger partial charge in [0.25, 0.3) is 5.69 Å². The smallest absolute Gasteiger partial charge is 0.269 e. The van der Waals surface area contributed by atoms with E-state index < -0.39 is 38.2 Å². The predicted octanol–water partition coefficient (Wildman–Crippen LogP) is 1.75. The molecule has 0 spiro atoms. The van der Waals surface area contributed by atoms with E-state index in [1.54, 1.807) is 6.92 Å². The van der Waals surface area contributed by atoms with E-state index in [-0.39, 0.29) is 48.9 Å². The van der Waals surface area contributed by atoms with Crippen molar-refractivity contribution in [3.05, 3.63) is 82.4 Å². The number of aromatic nitrogens is 3. The number of nitrogens with zero attached hydrogens (tertiary/aromatic N) is 6. The van der Waals surface area contributed by atoms with Crippen molar-refractivity contribution < 1.29 is 27.2 Å². The van der Waals surface area contributed by atoms with Crippen LogP contribution in [0.3, 0.4) is 0 Å². The Morgan fingerprint density at radius 1 is 1.14 bits per heavy atom. The topological polar surface area (TPSA) is 135 Å². The zero-order valence-corrected chi connectivity index (χ0v) is 20.1. The van der Waals surface area contributed by atoms with Crippen LogP contribution in [0.15, 0.2) is 60.0 Å². The summed E-state index contributed by atoms with van der Waals surface area (Å²) in [5, 5.41) is 26.6. The summed E-state index contributed by atoms with van der Waals surface area (Å²) in [5.41, 5.74) is -2.18. The van der Waals surface area contributed by atoms with E-state index in [1.807, 2.05) is 4.90 Å². The highest BCUT2D eigenvalue weighted by molar-refractivity contribution is 7.89. The summed E-state index contributed by atoms with van der Waals surface area (Å²) in [7, 11) is -3.90. The van der Waals surface area contributed by atoms with Crippen molar-refractivity contribution in [3.8, 4) is 0 Å². The van der Waals surface area contributed by atoms with Gasteiger partial charge in [0.1, 0.15) is 29.9 Å². The first-order chi connectivity index (χ1) is 17.0. The van der Waals surface area contributed by atoms with Crippen molar-refractivity contribution in [2.24, 2.45) is 0 Å². The van der Waals surface area contributed by atoms with Gasteiger partial charge in [-0.2, -0.15) is 9.40 Å². The van der Waals surface area contributed by atoms with E-state index in [2.05, 4.69) is 10.1 Å². The second kappa shape index (κ2) is 9.97. The number of piperazine rings is 1. The molecule has 1 fully saturated rings. The molecule has 1 aromatic heterocycles. The van der Waals surface area contributed by atoms with Crippen LogP contribution in [0, 0.1) is 21.7 Å². The summed E-state index contributed by atoms with van der Waals surface area (Å²) in [6, 6.07) is 6.88. The highest BCUT2D eigenvalue weighted by Gasteiger charge is 2.43. The van der Waals surface area contributed by atoms with Crippen LogP contribution in [0.2, 0.25) is 0 Å².